The molecule has 0 saturated carbocycles. The van der Waals surface area contributed by atoms with E-state index < -0.39 is 0 Å². The molecule has 0 aliphatic carbocycles. The summed E-state index contributed by atoms with van der Waals surface area (Å²) in [7, 11) is 1.71. The zero-order valence-corrected chi connectivity index (χ0v) is 12.4. The summed E-state index contributed by atoms with van der Waals surface area (Å²) in [4.78, 5) is 0. The van der Waals surface area contributed by atoms with Crippen molar-refractivity contribution in [3.8, 4) is 0 Å². The summed E-state index contributed by atoms with van der Waals surface area (Å²) in [6.45, 7) is 2.42. The van der Waals surface area contributed by atoms with E-state index in [1.165, 1.54) is 5.56 Å². The van der Waals surface area contributed by atoms with Crippen molar-refractivity contribution in [2.45, 2.75) is 12.3 Å². The van der Waals surface area contributed by atoms with Crippen molar-refractivity contribution in [3.05, 3.63) is 59.0 Å². The molecule has 0 aliphatic heterocycles. The predicted molar refractivity (Wildman–Crippen MR) is 81.4 cm³/mol. The van der Waals surface area contributed by atoms with Gasteiger partial charge >= 0.3 is 0 Å². The Labute approximate surface area is 124 Å². The number of methoxy groups -OCH3 is 1. The summed E-state index contributed by atoms with van der Waals surface area (Å²) in [5.41, 5.74) is 1.22. The first kappa shape index (κ1) is 15.1. The topological polar surface area (TPSA) is 34.4 Å². The van der Waals surface area contributed by atoms with Crippen LogP contribution in [0.25, 0.3) is 0 Å². The highest BCUT2D eigenvalue weighted by atomic mass is 35.5. The van der Waals surface area contributed by atoms with E-state index in [2.05, 4.69) is 11.4 Å². The average molecular weight is 294 g/mol. The molecule has 3 nitrogen and oxygen atoms in total. The Hall–Kier alpha value is -1.29. The second kappa shape index (κ2) is 8.10. The van der Waals surface area contributed by atoms with Crippen LogP contribution in [0, 0.1) is 0 Å². The molecule has 1 heterocycles. The van der Waals surface area contributed by atoms with E-state index in [0.717, 1.165) is 30.3 Å². The lowest BCUT2D eigenvalue weighted by Gasteiger charge is -2.17. The fraction of sp³-hybridized carbons (Fsp3) is 0.375. The van der Waals surface area contributed by atoms with Crippen LogP contribution < -0.4 is 5.32 Å². The van der Waals surface area contributed by atoms with Crippen LogP contribution in [-0.2, 0) is 11.2 Å². The van der Waals surface area contributed by atoms with Gasteiger partial charge in [-0.3, -0.25) is 0 Å². The van der Waals surface area contributed by atoms with Gasteiger partial charge in [0.05, 0.1) is 12.9 Å². The maximum atomic E-state index is 6.09. The molecule has 4 heteroatoms. The van der Waals surface area contributed by atoms with Crippen LogP contribution in [0.3, 0.4) is 0 Å². The van der Waals surface area contributed by atoms with Gasteiger partial charge in [0.25, 0.3) is 0 Å². The minimum Gasteiger partial charge on any atom is -0.469 e. The van der Waals surface area contributed by atoms with E-state index in [-0.39, 0.29) is 0 Å². The summed E-state index contributed by atoms with van der Waals surface area (Å²) in [5.74, 6) is 1.32. The van der Waals surface area contributed by atoms with Crippen LogP contribution >= 0.6 is 11.6 Å². The number of furan rings is 1. The Morgan fingerprint density at radius 1 is 1.30 bits per heavy atom. The maximum Gasteiger partial charge on any atom is 0.104 e. The molecule has 0 aliphatic rings. The smallest absolute Gasteiger partial charge is 0.104 e. The maximum absolute atomic E-state index is 6.09. The van der Waals surface area contributed by atoms with Crippen molar-refractivity contribution in [3.63, 3.8) is 0 Å². The summed E-state index contributed by atoms with van der Waals surface area (Å²) in [6.07, 6.45) is 2.57. The largest absolute Gasteiger partial charge is 0.469 e. The van der Waals surface area contributed by atoms with Gasteiger partial charge in [-0.15, -0.1) is 0 Å². The standard InChI is InChI=1S/C16H20ClNO2/c1-19-9-7-18-12-14(11-16-6-3-8-20-16)13-4-2-5-15(17)10-13/h2-6,8,10,14,18H,7,9,11-12H2,1H3. The molecular weight excluding hydrogens is 274 g/mol. The molecule has 0 spiro atoms. The Bertz CT molecular complexity index is 499. The fourth-order valence-electron chi connectivity index (χ4n) is 2.19. The molecule has 1 aromatic heterocycles. The molecule has 108 valence electrons. The first-order valence-corrected chi connectivity index (χ1v) is 7.15. The SMILES string of the molecule is COCCNCC(Cc1ccco1)c1cccc(Cl)c1. The van der Waals surface area contributed by atoms with Crippen molar-refractivity contribution in [1.82, 2.24) is 5.32 Å². The number of hydrogen-bond acceptors (Lipinski definition) is 3. The Morgan fingerprint density at radius 2 is 2.20 bits per heavy atom. The lowest BCUT2D eigenvalue weighted by molar-refractivity contribution is 0.199. The van der Waals surface area contributed by atoms with Gasteiger partial charge < -0.3 is 14.5 Å². The second-order valence-corrected chi connectivity index (χ2v) is 5.17. The molecule has 1 atom stereocenters. The first-order chi connectivity index (χ1) is 9.79. The third kappa shape index (κ3) is 4.67. The highest BCUT2D eigenvalue weighted by Gasteiger charge is 2.14. The number of benzene rings is 1. The van der Waals surface area contributed by atoms with E-state index in [0.29, 0.717) is 12.5 Å². The Balaban J connectivity index is 2.03. The monoisotopic (exact) mass is 293 g/mol. The molecule has 2 aromatic rings. The molecule has 0 bridgehead atoms. The highest BCUT2D eigenvalue weighted by Crippen LogP contribution is 2.23. The third-order valence-electron chi connectivity index (χ3n) is 3.22. The summed E-state index contributed by atoms with van der Waals surface area (Å²) in [6, 6.07) is 11.9. The Morgan fingerprint density at radius 3 is 2.90 bits per heavy atom. The quantitative estimate of drug-likeness (QED) is 0.757. The summed E-state index contributed by atoms with van der Waals surface area (Å²) < 4.78 is 10.5. The van der Waals surface area contributed by atoms with Gasteiger partial charge in [-0.25, -0.2) is 0 Å². The van der Waals surface area contributed by atoms with Gasteiger partial charge in [-0.2, -0.15) is 0 Å². The van der Waals surface area contributed by atoms with Gasteiger partial charge in [0.15, 0.2) is 0 Å². The first-order valence-electron chi connectivity index (χ1n) is 6.77. The van der Waals surface area contributed by atoms with Crippen molar-refractivity contribution in [1.29, 1.82) is 0 Å². The lowest BCUT2D eigenvalue weighted by Crippen LogP contribution is -2.26. The molecule has 0 fully saturated rings. The van der Waals surface area contributed by atoms with E-state index in [1.807, 2.05) is 30.3 Å². The number of ether oxygens (including phenoxy) is 1. The molecule has 1 aromatic carbocycles. The van der Waals surface area contributed by atoms with Crippen molar-refractivity contribution in [2.24, 2.45) is 0 Å². The molecule has 0 radical (unpaired) electrons. The Kier molecular flexibility index (Phi) is 6.12. The third-order valence-corrected chi connectivity index (χ3v) is 3.46. The number of nitrogens with one attached hydrogen (secondary N) is 1. The van der Waals surface area contributed by atoms with Crippen molar-refractivity contribution >= 4 is 11.6 Å². The van der Waals surface area contributed by atoms with E-state index in [1.54, 1.807) is 13.4 Å². The normalized spacial score (nSPS) is 12.5. The van der Waals surface area contributed by atoms with Gasteiger partial charge in [-0.05, 0) is 29.8 Å². The molecule has 1 N–H and O–H groups in total. The zero-order valence-electron chi connectivity index (χ0n) is 11.6. The van der Waals surface area contributed by atoms with Crippen LogP contribution in [0.15, 0.2) is 47.1 Å². The average Bonchev–Trinajstić information content (AvgIpc) is 2.95. The predicted octanol–water partition coefficient (Wildman–Crippen LogP) is 3.50. The molecule has 1 unspecified atom stereocenters. The van der Waals surface area contributed by atoms with E-state index >= 15 is 0 Å². The van der Waals surface area contributed by atoms with Crippen molar-refractivity contribution < 1.29 is 9.15 Å². The summed E-state index contributed by atoms with van der Waals surface area (Å²) in [5, 5.41) is 4.17. The second-order valence-electron chi connectivity index (χ2n) is 4.73. The minimum atomic E-state index is 0.330. The van der Waals surface area contributed by atoms with Crippen LogP contribution in [0.4, 0.5) is 0 Å². The van der Waals surface area contributed by atoms with E-state index in [9.17, 15) is 0 Å². The number of hydrogen-bond donors (Lipinski definition) is 1. The van der Waals surface area contributed by atoms with Gasteiger partial charge in [0.1, 0.15) is 5.76 Å². The van der Waals surface area contributed by atoms with Gasteiger partial charge in [0, 0.05) is 37.6 Å². The molecule has 20 heavy (non-hydrogen) atoms. The van der Waals surface area contributed by atoms with Crippen molar-refractivity contribution in [2.75, 3.05) is 26.8 Å². The van der Waals surface area contributed by atoms with Crippen LogP contribution in [0.5, 0.6) is 0 Å². The van der Waals surface area contributed by atoms with Crippen LogP contribution in [-0.4, -0.2) is 26.8 Å². The molecular formula is C16H20ClNO2. The van der Waals surface area contributed by atoms with Gasteiger partial charge in [0.2, 0.25) is 0 Å². The highest BCUT2D eigenvalue weighted by molar-refractivity contribution is 6.30. The lowest BCUT2D eigenvalue weighted by atomic mass is 9.94. The molecule has 0 saturated heterocycles. The minimum absolute atomic E-state index is 0.330. The summed E-state index contributed by atoms with van der Waals surface area (Å²) >= 11 is 6.09. The fourth-order valence-corrected chi connectivity index (χ4v) is 2.39. The van der Waals surface area contributed by atoms with Crippen LogP contribution in [0.1, 0.15) is 17.2 Å². The zero-order chi connectivity index (χ0) is 14.2. The molecule has 0 amide bonds. The number of rotatable bonds is 8. The van der Waals surface area contributed by atoms with E-state index in [4.69, 9.17) is 20.8 Å². The number of halogens is 1. The van der Waals surface area contributed by atoms with Crippen LogP contribution in [0.2, 0.25) is 5.02 Å². The molecule has 2 rings (SSSR count). The van der Waals surface area contributed by atoms with Gasteiger partial charge in [-0.1, -0.05) is 23.7 Å².